The fourth-order valence-corrected chi connectivity index (χ4v) is 2.45. The van der Waals surface area contributed by atoms with E-state index in [2.05, 4.69) is 5.32 Å². The Morgan fingerprint density at radius 1 is 1.33 bits per heavy atom. The highest BCUT2D eigenvalue weighted by Gasteiger charge is 2.39. The van der Waals surface area contributed by atoms with Crippen LogP contribution in [0.4, 0.5) is 5.69 Å². The van der Waals surface area contributed by atoms with Crippen LogP contribution in [0.2, 0.25) is 0 Å². The number of imide groups is 1. The maximum Gasteiger partial charge on any atom is 0.261 e. The van der Waals surface area contributed by atoms with Crippen LogP contribution >= 0.6 is 0 Å². The number of amides is 3. The second-order valence-electron chi connectivity index (χ2n) is 5.34. The van der Waals surface area contributed by atoms with Crippen molar-refractivity contribution in [2.45, 2.75) is 12.0 Å². The molecule has 0 aromatic heterocycles. The van der Waals surface area contributed by atoms with Gasteiger partial charge in [-0.1, -0.05) is 0 Å². The monoisotopic (exact) mass is 289 g/mol. The lowest BCUT2D eigenvalue weighted by atomic mass is 9.99. The Bertz CT molecular complexity index is 650. The number of carbonyl (C=O) groups is 3. The Morgan fingerprint density at radius 3 is 2.71 bits per heavy atom. The minimum absolute atomic E-state index is 0.171. The van der Waals surface area contributed by atoms with E-state index in [4.69, 9.17) is 10.5 Å². The summed E-state index contributed by atoms with van der Waals surface area (Å²) in [6.45, 7) is 0.621. The van der Waals surface area contributed by atoms with Gasteiger partial charge in [0.15, 0.2) is 0 Å². The normalized spacial score (nSPS) is 24.4. The molecule has 21 heavy (non-hydrogen) atoms. The molecule has 7 nitrogen and oxygen atoms in total. The second-order valence-corrected chi connectivity index (χ2v) is 5.34. The number of nitrogens with zero attached hydrogens (tertiary/aromatic N) is 1. The maximum atomic E-state index is 12.2. The van der Waals surface area contributed by atoms with Gasteiger partial charge in [-0.3, -0.25) is 19.3 Å². The maximum absolute atomic E-state index is 12.2. The quantitative estimate of drug-likeness (QED) is 0.744. The molecule has 1 atom stereocenters. The van der Waals surface area contributed by atoms with Crippen LogP contribution < -0.4 is 11.1 Å². The summed E-state index contributed by atoms with van der Waals surface area (Å²) in [6, 6.07) is 4.61. The van der Waals surface area contributed by atoms with Crippen LogP contribution in [0, 0.1) is 0 Å². The highest BCUT2D eigenvalue weighted by molar-refractivity contribution is 6.21. The third-order valence-electron chi connectivity index (χ3n) is 3.85. The standard InChI is InChI=1S/C14H15N3O4/c1-17-11(18)9-3-2-8(6-10(9)12(17)19)16-13(20)14(15)4-5-21-7-14/h2-3,6H,4-5,7,15H2,1H3,(H,16,20). The molecule has 110 valence electrons. The Labute approximate surface area is 121 Å². The molecule has 3 N–H and O–H groups in total. The molecule has 0 aliphatic carbocycles. The Morgan fingerprint density at radius 2 is 2.05 bits per heavy atom. The van der Waals surface area contributed by atoms with Crippen molar-refractivity contribution >= 4 is 23.4 Å². The lowest BCUT2D eigenvalue weighted by Crippen LogP contribution is -2.51. The molecule has 3 rings (SSSR count). The van der Waals surface area contributed by atoms with E-state index in [9.17, 15) is 14.4 Å². The van der Waals surface area contributed by atoms with E-state index in [1.165, 1.54) is 19.2 Å². The topological polar surface area (TPSA) is 102 Å². The zero-order valence-electron chi connectivity index (χ0n) is 11.5. The summed E-state index contributed by atoms with van der Waals surface area (Å²) in [5, 5.41) is 2.68. The van der Waals surface area contributed by atoms with E-state index in [-0.39, 0.29) is 29.9 Å². The van der Waals surface area contributed by atoms with Gasteiger partial charge in [0.05, 0.1) is 17.7 Å². The average Bonchev–Trinajstić information content (AvgIpc) is 3.00. The number of rotatable bonds is 2. The van der Waals surface area contributed by atoms with Crippen LogP contribution in [0.25, 0.3) is 0 Å². The molecule has 0 radical (unpaired) electrons. The van der Waals surface area contributed by atoms with E-state index < -0.39 is 5.54 Å². The van der Waals surface area contributed by atoms with Gasteiger partial charge in [-0.15, -0.1) is 0 Å². The molecule has 1 aromatic rings. The fourth-order valence-electron chi connectivity index (χ4n) is 2.45. The number of anilines is 1. The second kappa shape index (κ2) is 4.64. The number of ether oxygens (including phenoxy) is 1. The Hall–Kier alpha value is -2.25. The summed E-state index contributed by atoms with van der Waals surface area (Å²) >= 11 is 0. The first-order valence-corrected chi connectivity index (χ1v) is 6.57. The molecule has 1 fully saturated rings. The molecule has 0 saturated carbocycles. The number of hydrogen-bond donors (Lipinski definition) is 2. The highest BCUT2D eigenvalue weighted by Crippen LogP contribution is 2.25. The summed E-state index contributed by atoms with van der Waals surface area (Å²) in [7, 11) is 1.42. The number of benzene rings is 1. The summed E-state index contributed by atoms with van der Waals surface area (Å²) in [4.78, 5) is 36.9. The first kappa shape index (κ1) is 13.7. The Balaban J connectivity index is 1.84. The van der Waals surface area contributed by atoms with Gasteiger partial charge in [0.2, 0.25) is 5.91 Å². The zero-order chi connectivity index (χ0) is 15.2. The van der Waals surface area contributed by atoms with E-state index in [1.54, 1.807) is 6.07 Å². The first-order chi connectivity index (χ1) is 9.92. The van der Waals surface area contributed by atoms with Crippen molar-refractivity contribution < 1.29 is 19.1 Å². The van der Waals surface area contributed by atoms with Gasteiger partial charge in [-0.2, -0.15) is 0 Å². The summed E-state index contributed by atoms with van der Waals surface area (Å²) in [5.74, 6) is -1.07. The summed E-state index contributed by atoms with van der Waals surface area (Å²) in [6.07, 6.45) is 0.448. The molecule has 0 spiro atoms. The van der Waals surface area contributed by atoms with Gasteiger partial charge >= 0.3 is 0 Å². The van der Waals surface area contributed by atoms with Crippen LogP contribution in [-0.4, -0.2) is 48.4 Å². The molecule has 1 unspecified atom stereocenters. The van der Waals surface area contributed by atoms with Gasteiger partial charge in [-0.25, -0.2) is 0 Å². The largest absolute Gasteiger partial charge is 0.379 e. The van der Waals surface area contributed by atoms with Gasteiger partial charge in [0, 0.05) is 19.3 Å². The highest BCUT2D eigenvalue weighted by atomic mass is 16.5. The molecule has 2 aliphatic heterocycles. The van der Waals surface area contributed by atoms with E-state index in [0.29, 0.717) is 24.3 Å². The van der Waals surface area contributed by atoms with E-state index >= 15 is 0 Å². The fraction of sp³-hybridized carbons (Fsp3) is 0.357. The molecule has 3 amide bonds. The number of nitrogens with one attached hydrogen (secondary N) is 1. The SMILES string of the molecule is CN1C(=O)c2ccc(NC(=O)C3(N)CCOC3)cc2C1=O. The van der Waals surface area contributed by atoms with Crippen LogP contribution in [0.15, 0.2) is 18.2 Å². The van der Waals surface area contributed by atoms with Gasteiger partial charge in [-0.05, 0) is 24.6 Å². The lowest BCUT2D eigenvalue weighted by molar-refractivity contribution is -0.121. The molecule has 2 heterocycles. The van der Waals surface area contributed by atoms with Crippen molar-refractivity contribution in [3.05, 3.63) is 29.3 Å². The number of carbonyl (C=O) groups excluding carboxylic acids is 3. The minimum atomic E-state index is -1.05. The van der Waals surface area contributed by atoms with Crippen molar-refractivity contribution in [2.24, 2.45) is 5.73 Å². The third kappa shape index (κ3) is 2.10. The number of fused-ring (bicyclic) bond motifs is 1. The van der Waals surface area contributed by atoms with E-state index in [0.717, 1.165) is 4.90 Å². The average molecular weight is 289 g/mol. The predicted molar refractivity (Wildman–Crippen MR) is 73.9 cm³/mol. The van der Waals surface area contributed by atoms with Gasteiger partial charge in [0.1, 0.15) is 5.54 Å². The summed E-state index contributed by atoms with van der Waals surface area (Å²) < 4.78 is 5.15. The van der Waals surface area contributed by atoms with Crippen molar-refractivity contribution in [1.82, 2.24) is 4.90 Å². The van der Waals surface area contributed by atoms with E-state index in [1.807, 2.05) is 0 Å². The molecule has 2 aliphatic rings. The molecule has 7 heteroatoms. The zero-order valence-corrected chi connectivity index (χ0v) is 11.5. The van der Waals surface area contributed by atoms with Crippen LogP contribution in [-0.2, 0) is 9.53 Å². The summed E-state index contributed by atoms with van der Waals surface area (Å²) in [5.41, 5.74) is 5.99. The van der Waals surface area contributed by atoms with Crippen molar-refractivity contribution in [3.63, 3.8) is 0 Å². The molecule has 1 saturated heterocycles. The molecule has 0 bridgehead atoms. The van der Waals surface area contributed by atoms with Crippen molar-refractivity contribution in [2.75, 3.05) is 25.6 Å². The van der Waals surface area contributed by atoms with Crippen LogP contribution in [0.5, 0.6) is 0 Å². The van der Waals surface area contributed by atoms with Gasteiger partial charge < -0.3 is 15.8 Å². The minimum Gasteiger partial charge on any atom is -0.379 e. The number of hydrogen-bond acceptors (Lipinski definition) is 5. The lowest BCUT2D eigenvalue weighted by Gasteiger charge is -2.20. The third-order valence-corrected chi connectivity index (χ3v) is 3.85. The number of nitrogens with two attached hydrogens (primary N) is 1. The first-order valence-electron chi connectivity index (χ1n) is 6.57. The molecular weight excluding hydrogens is 274 g/mol. The predicted octanol–water partition coefficient (Wildman–Crippen LogP) is -0.0313. The Kier molecular flexibility index (Phi) is 3.03. The van der Waals surface area contributed by atoms with Crippen molar-refractivity contribution in [3.8, 4) is 0 Å². The van der Waals surface area contributed by atoms with Crippen LogP contribution in [0.3, 0.4) is 0 Å². The van der Waals surface area contributed by atoms with Gasteiger partial charge in [0.25, 0.3) is 11.8 Å². The molecular formula is C14H15N3O4. The smallest absolute Gasteiger partial charge is 0.261 e. The van der Waals surface area contributed by atoms with Crippen LogP contribution in [0.1, 0.15) is 27.1 Å². The van der Waals surface area contributed by atoms with Crippen molar-refractivity contribution in [1.29, 1.82) is 0 Å². The molecule has 1 aromatic carbocycles.